The summed E-state index contributed by atoms with van der Waals surface area (Å²) in [6.07, 6.45) is 6.10. The summed E-state index contributed by atoms with van der Waals surface area (Å²) >= 11 is 1.32. The minimum Gasteiger partial charge on any atom is -0.490 e. The van der Waals surface area contributed by atoms with Crippen molar-refractivity contribution in [1.29, 1.82) is 0 Å². The molecule has 3 aliphatic rings. The SMILES string of the molecule is Cc1cc(OC2CC2)ccc1N1C(=O)Nc2ccnc3sc(C(=O)NC4CCCNC4)c1c23. The Morgan fingerprint density at radius 3 is 2.91 bits per heavy atom. The second-order valence-electron chi connectivity index (χ2n) is 8.87. The van der Waals surface area contributed by atoms with Crippen molar-refractivity contribution in [3.8, 4) is 5.75 Å². The van der Waals surface area contributed by atoms with Gasteiger partial charge in [-0.25, -0.2) is 9.78 Å². The zero-order valence-corrected chi connectivity index (χ0v) is 19.1. The number of hydrogen-bond donors (Lipinski definition) is 3. The molecule has 3 N–H and O–H groups in total. The number of hydrogen-bond acceptors (Lipinski definition) is 6. The number of benzene rings is 1. The number of thiophene rings is 1. The minimum absolute atomic E-state index is 0.0718. The first kappa shape index (κ1) is 20.4. The topological polar surface area (TPSA) is 95.6 Å². The number of ether oxygens (including phenoxy) is 1. The van der Waals surface area contributed by atoms with Crippen LogP contribution in [-0.4, -0.2) is 42.2 Å². The number of amides is 3. The van der Waals surface area contributed by atoms with Gasteiger partial charge in [-0.05, 0) is 69.0 Å². The summed E-state index contributed by atoms with van der Waals surface area (Å²) in [4.78, 5) is 34.1. The fourth-order valence-corrected chi connectivity index (χ4v) is 5.59. The Bertz CT molecular complexity index is 1260. The molecular weight excluding hydrogens is 438 g/mol. The molecule has 2 fully saturated rings. The van der Waals surface area contributed by atoms with Crippen LogP contribution in [0.15, 0.2) is 30.5 Å². The molecule has 1 aliphatic carbocycles. The highest BCUT2D eigenvalue weighted by Crippen LogP contribution is 2.47. The van der Waals surface area contributed by atoms with E-state index in [0.717, 1.165) is 66.0 Å². The Balaban J connectivity index is 1.43. The summed E-state index contributed by atoms with van der Waals surface area (Å²) in [5.74, 6) is 0.634. The molecule has 0 radical (unpaired) electrons. The molecule has 1 unspecified atom stereocenters. The van der Waals surface area contributed by atoms with E-state index >= 15 is 0 Å². The second kappa shape index (κ2) is 8.00. The van der Waals surface area contributed by atoms with Gasteiger partial charge in [0.25, 0.3) is 5.91 Å². The fourth-order valence-electron chi connectivity index (χ4n) is 4.54. The molecule has 1 saturated heterocycles. The molecule has 33 heavy (non-hydrogen) atoms. The largest absolute Gasteiger partial charge is 0.490 e. The highest BCUT2D eigenvalue weighted by molar-refractivity contribution is 7.21. The number of piperidine rings is 1. The van der Waals surface area contributed by atoms with Crippen molar-refractivity contribution in [2.45, 2.75) is 44.8 Å². The Hall–Kier alpha value is -3.17. The van der Waals surface area contributed by atoms with E-state index in [0.29, 0.717) is 22.4 Å². The zero-order valence-electron chi connectivity index (χ0n) is 18.3. The third-order valence-corrected chi connectivity index (χ3v) is 7.40. The van der Waals surface area contributed by atoms with Gasteiger partial charge in [-0.15, -0.1) is 11.3 Å². The summed E-state index contributed by atoms with van der Waals surface area (Å²) in [6, 6.07) is 7.30. The molecule has 8 nitrogen and oxygen atoms in total. The lowest BCUT2D eigenvalue weighted by Gasteiger charge is -2.30. The van der Waals surface area contributed by atoms with Crippen LogP contribution in [0.25, 0.3) is 10.2 Å². The molecular formula is C24H25N5O3S. The molecule has 1 saturated carbocycles. The average Bonchev–Trinajstić information content (AvgIpc) is 3.53. The van der Waals surface area contributed by atoms with E-state index in [1.54, 1.807) is 17.2 Å². The van der Waals surface area contributed by atoms with Crippen LogP contribution in [0.3, 0.4) is 0 Å². The van der Waals surface area contributed by atoms with E-state index in [4.69, 9.17) is 4.74 Å². The van der Waals surface area contributed by atoms with Gasteiger partial charge >= 0.3 is 6.03 Å². The van der Waals surface area contributed by atoms with Gasteiger partial charge in [0, 0.05) is 18.8 Å². The van der Waals surface area contributed by atoms with Crippen molar-refractivity contribution >= 4 is 50.6 Å². The average molecular weight is 464 g/mol. The van der Waals surface area contributed by atoms with Crippen LogP contribution in [0, 0.1) is 6.92 Å². The van der Waals surface area contributed by atoms with Crippen molar-refractivity contribution < 1.29 is 14.3 Å². The third-order valence-electron chi connectivity index (χ3n) is 6.31. The molecule has 3 aromatic rings. The fraction of sp³-hybridized carbons (Fsp3) is 0.375. The second-order valence-corrected chi connectivity index (χ2v) is 9.87. The van der Waals surface area contributed by atoms with Crippen LogP contribution in [-0.2, 0) is 0 Å². The van der Waals surface area contributed by atoms with E-state index < -0.39 is 0 Å². The predicted octanol–water partition coefficient (Wildman–Crippen LogP) is 4.31. The van der Waals surface area contributed by atoms with E-state index in [9.17, 15) is 9.59 Å². The zero-order chi connectivity index (χ0) is 22.5. The van der Waals surface area contributed by atoms with E-state index in [1.165, 1.54) is 11.3 Å². The van der Waals surface area contributed by atoms with Crippen LogP contribution in [0.1, 0.15) is 40.9 Å². The first-order valence-electron chi connectivity index (χ1n) is 11.4. The van der Waals surface area contributed by atoms with Crippen LogP contribution in [0.5, 0.6) is 5.75 Å². The molecule has 2 aromatic heterocycles. The molecule has 4 heterocycles. The number of aromatic nitrogens is 1. The highest BCUT2D eigenvalue weighted by atomic mass is 32.1. The predicted molar refractivity (Wildman–Crippen MR) is 129 cm³/mol. The van der Waals surface area contributed by atoms with Crippen molar-refractivity contribution in [1.82, 2.24) is 15.6 Å². The Morgan fingerprint density at radius 2 is 2.15 bits per heavy atom. The monoisotopic (exact) mass is 463 g/mol. The molecule has 3 amide bonds. The summed E-state index contributed by atoms with van der Waals surface area (Å²) in [5, 5.41) is 10.3. The molecule has 170 valence electrons. The number of aryl methyl sites for hydroxylation is 1. The summed E-state index contributed by atoms with van der Waals surface area (Å²) < 4.78 is 5.92. The minimum atomic E-state index is -0.291. The molecule has 0 spiro atoms. The van der Waals surface area contributed by atoms with Crippen molar-refractivity contribution in [3.05, 3.63) is 40.9 Å². The lowest BCUT2D eigenvalue weighted by molar-refractivity contribution is 0.0935. The maximum atomic E-state index is 13.4. The van der Waals surface area contributed by atoms with Crippen LogP contribution >= 0.6 is 11.3 Å². The quantitative estimate of drug-likeness (QED) is 0.524. The normalized spacial score (nSPS) is 20.0. The van der Waals surface area contributed by atoms with Gasteiger partial charge in [0.2, 0.25) is 0 Å². The van der Waals surface area contributed by atoms with Gasteiger partial charge in [-0.3, -0.25) is 9.69 Å². The number of carbonyl (C=O) groups is 2. The van der Waals surface area contributed by atoms with Gasteiger partial charge in [-0.1, -0.05) is 0 Å². The highest BCUT2D eigenvalue weighted by Gasteiger charge is 2.35. The molecule has 9 heteroatoms. The molecule has 6 rings (SSSR count). The number of nitrogens with one attached hydrogen (secondary N) is 3. The lowest BCUT2D eigenvalue weighted by Crippen LogP contribution is -2.45. The summed E-state index contributed by atoms with van der Waals surface area (Å²) in [5.41, 5.74) is 2.90. The number of nitrogens with zero attached hydrogens (tertiary/aromatic N) is 2. The number of rotatable bonds is 5. The van der Waals surface area contributed by atoms with E-state index in [2.05, 4.69) is 20.9 Å². The van der Waals surface area contributed by atoms with Crippen molar-refractivity contribution in [2.24, 2.45) is 0 Å². The number of carbonyl (C=O) groups excluding carboxylic acids is 2. The lowest BCUT2D eigenvalue weighted by atomic mass is 10.1. The van der Waals surface area contributed by atoms with Gasteiger partial charge in [0.1, 0.15) is 15.5 Å². The third kappa shape index (κ3) is 3.71. The summed E-state index contributed by atoms with van der Waals surface area (Å²) in [7, 11) is 0. The Labute approximate surface area is 195 Å². The van der Waals surface area contributed by atoms with Crippen LogP contribution in [0.4, 0.5) is 21.9 Å². The number of urea groups is 1. The Kier molecular flexibility index (Phi) is 4.95. The number of anilines is 3. The molecule has 1 atom stereocenters. The smallest absolute Gasteiger partial charge is 0.331 e. The van der Waals surface area contributed by atoms with Crippen LogP contribution in [0.2, 0.25) is 0 Å². The molecule has 1 aromatic carbocycles. The van der Waals surface area contributed by atoms with E-state index in [1.807, 2.05) is 25.1 Å². The standard InChI is InChI=1S/C24H25N5O3S/c1-13-11-16(32-15-4-5-15)6-7-18(13)29-20-19-17(28-24(29)31)8-10-26-23(19)33-21(20)22(30)27-14-3-2-9-25-12-14/h6-8,10-11,14-15,25H,2-5,9,12H2,1H3,(H,27,30)(H,28,31). The Morgan fingerprint density at radius 1 is 1.27 bits per heavy atom. The van der Waals surface area contributed by atoms with Gasteiger partial charge in [-0.2, -0.15) is 0 Å². The van der Waals surface area contributed by atoms with Gasteiger partial charge in [0.05, 0.1) is 28.6 Å². The van der Waals surface area contributed by atoms with Crippen molar-refractivity contribution in [3.63, 3.8) is 0 Å². The molecule has 2 aliphatic heterocycles. The maximum absolute atomic E-state index is 13.4. The maximum Gasteiger partial charge on any atom is 0.331 e. The molecule has 0 bridgehead atoms. The number of pyridine rings is 1. The van der Waals surface area contributed by atoms with Crippen molar-refractivity contribution in [2.75, 3.05) is 23.3 Å². The van der Waals surface area contributed by atoms with E-state index in [-0.39, 0.29) is 18.0 Å². The van der Waals surface area contributed by atoms with Crippen LogP contribution < -0.4 is 25.6 Å². The van der Waals surface area contributed by atoms with Gasteiger partial charge in [0.15, 0.2) is 0 Å². The first-order valence-corrected chi connectivity index (χ1v) is 12.2. The first-order chi connectivity index (χ1) is 16.1. The van der Waals surface area contributed by atoms with Gasteiger partial charge < -0.3 is 20.7 Å². The summed E-state index contributed by atoms with van der Waals surface area (Å²) in [6.45, 7) is 3.68.